The van der Waals surface area contributed by atoms with E-state index in [1.165, 1.54) is 11.3 Å². The van der Waals surface area contributed by atoms with Crippen LogP contribution in [0.4, 0.5) is 0 Å². The van der Waals surface area contributed by atoms with Gasteiger partial charge in [0.2, 0.25) is 0 Å². The van der Waals surface area contributed by atoms with Crippen molar-refractivity contribution in [2.24, 2.45) is 0 Å². The molecule has 0 saturated heterocycles. The van der Waals surface area contributed by atoms with Crippen LogP contribution < -0.4 is 0 Å². The molecule has 1 aromatic carbocycles. The molecular formula is C15H11Cl2NOS. The summed E-state index contributed by atoms with van der Waals surface area (Å²) >= 11 is 13.5. The molecule has 0 amide bonds. The second-order valence-electron chi connectivity index (χ2n) is 4.72. The summed E-state index contributed by atoms with van der Waals surface area (Å²) in [6, 6.07) is 5.84. The molecule has 0 aliphatic carbocycles. The summed E-state index contributed by atoms with van der Waals surface area (Å²) in [7, 11) is 0. The van der Waals surface area contributed by atoms with E-state index >= 15 is 0 Å². The van der Waals surface area contributed by atoms with Gasteiger partial charge < -0.3 is 4.98 Å². The van der Waals surface area contributed by atoms with Crippen molar-refractivity contribution in [2.75, 3.05) is 0 Å². The second kappa shape index (κ2) is 4.92. The number of aromatic amines is 1. The third-order valence-electron chi connectivity index (χ3n) is 3.45. The molecule has 0 saturated carbocycles. The third-order valence-corrected chi connectivity index (χ3v) is 4.94. The Morgan fingerprint density at radius 2 is 1.90 bits per heavy atom. The monoisotopic (exact) mass is 323 g/mol. The lowest BCUT2D eigenvalue weighted by Gasteiger charge is -2.00. The molecule has 3 aromatic rings. The molecule has 5 heteroatoms. The van der Waals surface area contributed by atoms with Crippen molar-refractivity contribution in [3.8, 4) is 11.3 Å². The van der Waals surface area contributed by atoms with E-state index in [9.17, 15) is 4.79 Å². The lowest BCUT2D eigenvalue weighted by molar-refractivity contribution is 0.112. The van der Waals surface area contributed by atoms with Crippen molar-refractivity contribution in [2.45, 2.75) is 13.8 Å². The zero-order chi connectivity index (χ0) is 14.4. The van der Waals surface area contributed by atoms with Crippen LogP contribution in [0, 0.1) is 13.8 Å². The molecule has 0 fully saturated rings. The molecule has 102 valence electrons. The van der Waals surface area contributed by atoms with Gasteiger partial charge in [-0.05, 0) is 31.0 Å². The van der Waals surface area contributed by atoms with Crippen LogP contribution in [0.1, 0.15) is 21.5 Å². The number of hydrogen-bond acceptors (Lipinski definition) is 2. The fourth-order valence-electron chi connectivity index (χ4n) is 2.48. The normalized spacial score (nSPS) is 11.2. The number of rotatable bonds is 2. The maximum atomic E-state index is 11.6. The molecule has 2 aromatic heterocycles. The molecule has 0 aliphatic heterocycles. The van der Waals surface area contributed by atoms with Crippen LogP contribution in [0.15, 0.2) is 18.2 Å². The first-order valence-corrected chi connectivity index (χ1v) is 7.62. The fourth-order valence-corrected chi connectivity index (χ4v) is 3.95. The maximum absolute atomic E-state index is 11.6. The van der Waals surface area contributed by atoms with Crippen LogP contribution in [0.2, 0.25) is 8.67 Å². The number of aromatic nitrogens is 1. The first-order valence-electron chi connectivity index (χ1n) is 6.05. The fraction of sp³-hybridized carbons (Fsp3) is 0.133. The Morgan fingerprint density at radius 3 is 2.50 bits per heavy atom. The molecule has 0 bridgehead atoms. The van der Waals surface area contributed by atoms with E-state index < -0.39 is 0 Å². The quantitative estimate of drug-likeness (QED) is 0.609. The Hall–Kier alpha value is -1.29. The first-order chi connectivity index (χ1) is 9.52. The Kier molecular flexibility index (Phi) is 3.36. The van der Waals surface area contributed by atoms with E-state index in [-0.39, 0.29) is 0 Å². The van der Waals surface area contributed by atoms with E-state index in [1.54, 1.807) is 6.07 Å². The van der Waals surface area contributed by atoms with Gasteiger partial charge in [-0.15, -0.1) is 11.3 Å². The highest BCUT2D eigenvalue weighted by Gasteiger charge is 2.19. The largest absolute Gasteiger partial charge is 0.354 e. The first kappa shape index (κ1) is 13.7. The summed E-state index contributed by atoms with van der Waals surface area (Å²) in [5.74, 6) is 0. The molecule has 2 heterocycles. The second-order valence-corrected chi connectivity index (χ2v) is 7.00. The lowest BCUT2D eigenvalue weighted by Crippen LogP contribution is -1.84. The lowest BCUT2D eigenvalue weighted by atomic mass is 10.0. The van der Waals surface area contributed by atoms with Gasteiger partial charge in [0, 0.05) is 22.0 Å². The van der Waals surface area contributed by atoms with Gasteiger partial charge in [0.1, 0.15) is 4.34 Å². The van der Waals surface area contributed by atoms with E-state index in [1.807, 2.05) is 26.0 Å². The highest BCUT2D eigenvalue weighted by molar-refractivity contribution is 7.20. The van der Waals surface area contributed by atoms with E-state index in [0.717, 1.165) is 39.6 Å². The standard InChI is InChI=1S/C15H11Cl2NOS/c1-7-3-4-8(2)13-12(7)10(6-19)14(18-13)9-5-11(16)20-15(9)17/h3-6,18H,1-2H3. The average Bonchev–Trinajstić information content (AvgIpc) is 2.94. The van der Waals surface area contributed by atoms with Gasteiger partial charge in [0.15, 0.2) is 6.29 Å². The Morgan fingerprint density at radius 1 is 1.20 bits per heavy atom. The van der Waals surface area contributed by atoms with Crippen LogP contribution in [-0.2, 0) is 0 Å². The summed E-state index contributed by atoms with van der Waals surface area (Å²) in [4.78, 5) is 14.9. The summed E-state index contributed by atoms with van der Waals surface area (Å²) in [6.45, 7) is 4.01. The third kappa shape index (κ3) is 1.97. The van der Waals surface area contributed by atoms with Gasteiger partial charge in [0.25, 0.3) is 0 Å². The summed E-state index contributed by atoms with van der Waals surface area (Å²) < 4.78 is 1.19. The number of nitrogens with one attached hydrogen (secondary N) is 1. The number of halogens is 2. The molecule has 0 aliphatic rings. The molecule has 20 heavy (non-hydrogen) atoms. The van der Waals surface area contributed by atoms with Crippen LogP contribution in [0.25, 0.3) is 22.2 Å². The number of aldehydes is 1. The molecule has 3 rings (SSSR count). The molecule has 0 spiro atoms. The summed E-state index contributed by atoms with van der Waals surface area (Å²) in [5, 5.41) is 0.952. The van der Waals surface area contributed by atoms with Crippen molar-refractivity contribution in [3.05, 3.63) is 43.6 Å². The number of carbonyl (C=O) groups excluding carboxylic acids is 1. The van der Waals surface area contributed by atoms with E-state index in [4.69, 9.17) is 23.2 Å². The Labute approximate surface area is 130 Å². The van der Waals surface area contributed by atoms with Gasteiger partial charge in [-0.2, -0.15) is 0 Å². The van der Waals surface area contributed by atoms with Gasteiger partial charge in [-0.1, -0.05) is 35.3 Å². The molecular weight excluding hydrogens is 313 g/mol. The van der Waals surface area contributed by atoms with Crippen molar-refractivity contribution < 1.29 is 4.79 Å². The minimum Gasteiger partial charge on any atom is -0.354 e. The molecule has 0 radical (unpaired) electrons. The van der Waals surface area contributed by atoms with Gasteiger partial charge in [-0.25, -0.2) is 0 Å². The van der Waals surface area contributed by atoms with E-state index in [2.05, 4.69) is 4.98 Å². The van der Waals surface area contributed by atoms with Crippen molar-refractivity contribution in [1.29, 1.82) is 0 Å². The summed E-state index contributed by atoms with van der Waals surface area (Å²) in [6.07, 6.45) is 0.877. The number of benzene rings is 1. The number of hydrogen-bond donors (Lipinski definition) is 1. The Balaban J connectivity index is 2.43. The SMILES string of the molecule is Cc1ccc(C)c2c(C=O)c(-c3cc(Cl)sc3Cl)[nH]c12. The topological polar surface area (TPSA) is 32.9 Å². The molecule has 0 unspecified atom stereocenters. The van der Waals surface area contributed by atoms with E-state index in [0.29, 0.717) is 14.2 Å². The smallest absolute Gasteiger partial charge is 0.152 e. The van der Waals surface area contributed by atoms with Crippen LogP contribution in [0.3, 0.4) is 0 Å². The zero-order valence-electron chi connectivity index (χ0n) is 10.9. The number of thiophene rings is 1. The maximum Gasteiger partial charge on any atom is 0.152 e. The number of aryl methyl sites for hydroxylation is 2. The van der Waals surface area contributed by atoms with Gasteiger partial charge in [0.05, 0.1) is 10.0 Å². The highest BCUT2D eigenvalue weighted by atomic mass is 35.5. The number of fused-ring (bicyclic) bond motifs is 1. The van der Waals surface area contributed by atoms with Gasteiger partial charge in [-0.3, -0.25) is 4.79 Å². The van der Waals surface area contributed by atoms with Crippen molar-refractivity contribution in [3.63, 3.8) is 0 Å². The van der Waals surface area contributed by atoms with Crippen LogP contribution in [-0.4, -0.2) is 11.3 Å². The van der Waals surface area contributed by atoms with Gasteiger partial charge >= 0.3 is 0 Å². The highest BCUT2D eigenvalue weighted by Crippen LogP contribution is 2.41. The van der Waals surface area contributed by atoms with Crippen LogP contribution >= 0.6 is 34.5 Å². The number of H-pyrrole nitrogens is 1. The van der Waals surface area contributed by atoms with Crippen LogP contribution in [0.5, 0.6) is 0 Å². The minimum absolute atomic E-state index is 0.583. The predicted octanol–water partition coefficient (Wildman–Crippen LogP) is 5.63. The Bertz CT molecular complexity index is 832. The van der Waals surface area contributed by atoms with Crippen molar-refractivity contribution in [1.82, 2.24) is 4.98 Å². The average molecular weight is 324 g/mol. The summed E-state index contributed by atoms with van der Waals surface area (Å²) in [5.41, 5.74) is 5.28. The zero-order valence-corrected chi connectivity index (χ0v) is 13.2. The molecule has 0 atom stereocenters. The molecule has 1 N–H and O–H groups in total. The minimum atomic E-state index is 0.583. The van der Waals surface area contributed by atoms with Crippen molar-refractivity contribution >= 4 is 51.7 Å². The molecule has 2 nitrogen and oxygen atoms in total. The predicted molar refractivity (Wildman–Crippen MR) is 86.5 cm³/mol. The number of carbonyl (C=O) groups is 1.